The minimum absolute atomic E-state index is 0. The molecule has 0 heterocycles. The maximum atomic E-state index is 12.5. The van der Waals surface area contributed by atoms with Crippen LogP contribution >= 0.6 is 0 Å². The number of anilines is 1. The summed E-state index contributed by atoms with van der Waals surface area (Å²) in [5.74, 6) is -2.58. The van der Waals surface area contributed by atoms with Crippen LogP contribution in [0.3, 0.4) is 0 Å². The number of hydrogen-bond donors (Lipinski definition) is 1. The van der Waals surface area contributed by atoms with Gasteiger partial charge in [-0.15, -0.1) is 0 Å². The van der Waals surface area contributed by atoms with Gasteiger partial charge in [-0.05, 0) is 35.0 Å². The van der Waals surface area contributed by atoms with Crippen LogP contribution in [0.15, 0.2) is 135 Å². The Labute approximate surface area is 404 Å². The van der Waals surface area contributed by atoms with E-state index in [4.69, 9.17) is 0 Å². The van der Waals surface area contributed by atoms with Gasteiger partial charge in [0.05, 0.1) is 50.3 Å². The van der Waals surface area contributed by atoms with Crippen LogP contribution < -0.4 is 84.9 Å². The second-order valence-electron chi connectivity index (χ2n) is 12.0. The molecule has 20 nitrogen and oxygen atoms in total. The number of hydrogen-bond acceptors (Lipinski definition) is 17. The fourth-order valence-electron chi connectivity index (χ4n) is 5.71. The molecule has 7 rings (SSSR count). The van der Waals surface area contributed by atoms with Crippen LogP contribution in [0.1, 0.15) is 0 Å². The van der Waals surface area contributed by atoms with Crippen molar-refractivity contribution in [1.29, 1.82) is 0 Å². The van der Waals surface area contributed by atoms with Gasteiger partial charge in [0, 0.05) is 45.8 Å². The largest absolute Gasteiger partial charge is 3.00 e. The SMILES string of the molecule is COC(=O)Nc1cccc2ccc([O-])c(N=Nc3ccc([N+](=O)[O-])cc3[O-])c12.O=[N+]([O-])c1ccc2c(N=Nc3c([O-])ccc4ccccc34)c([O-])cc(S(=O)(=O)[O-])c2c1.[Cr+3].[Na+].[Na+]. The molecule has 0 saturated carbocycles. The van der Waals surface area contributed by atoms with Gasteiger partial charge in [-0.3, -0.25) is 25.5 Å². The number of amides is 1. The number of nitro groups is 2. The van der Waals surface area contributed by atoms with Crippen molar-refractivity contribution < 1.29 is 129 Å². The van der Waals surface area contributed by atoms with E-state index in [1.54, 1.807) is 54.6 Å². The van der Waals surface area contributed by atoms with Crippen LogP contribution in [0.4, 0.5) is 44.6 Å². The summed E-state index contributed by atoms with van der Waals surface area (Å²) in [7, 11) is -3.91. The van der Waals surface area contributed by atoms with E-state index >= 15 is 0 Å². The summed E-state index contributed by atoms with van der Waals surface area (Å²) < 4.78 is 39.4. The third-order valence-electron chi connectivity index (χ3n) is 8.43. The number of fused-ring (bicyclic) bond motifs is 3. The van der Waals surface area contributed by atoms with Gasteiger partial charge in [-0.1, -0.05) is 83.7 Å². The monoisotopic (exact) mass is 914 g/mol. The molecule has 0 bridgehead atoms. The van der Waals surface area contributed by atoms with Gasteiger partial charge in [0.15, 0.2) is 0 Å². The van der Waals surface area contributed by atoms with Crippen molar-refractivity contribution in [2.24, 2.45) is 20.5 Å². The number of azo groups is 2. The van der Waals surface area contributed by atoms with Crippen LogP contribution in [0.5, 0.6) is 23.0 Å². The standard InChI is InChI=1S/C20H13N3O7S.C18H14N4O6.Cr.2Na/c24-16-8-5-11-3-1-2-4-13(11)19(16)21-22-20-14-7-6-12(23(26)27)9-15(14)18(10-17(20)25)31(28,29)30;1-28-18(25)19-13-4-2-3-10-5-8-14(23)17(16(10)13)21-20-12-7-6-11(22(26)27)9-15(12)24;;;/h1-10,24-25H,(H,28,29,30);2-9,23-24H,1H3,(H,19,25);;;/q;;+3;2*+1/p-5. The topological polar surface area (TPSA) is 323 Å². The molecule has 7 aromatic carbocycles. The summed E-state index contributed by atoms with van der Waals surface area (Å²) in [4.78, 5) is 31.0. The van der Waals surface area contributed by atoms with Crippen molar-refractivity contribution in [3.05, 3.63) is 129 Å². The van der Waals surface area contributed by atoms with Crippen molar-refractivity contribution in [2.45, 2.75) is 4.90 Å². The minimum Gasteiger partial charge on any atom is -0.871 e. The van der Waals surface area contributed by atoms with Crippen molar-refractivity contribution >= 4 is 88.3 Å². The van der Waals surface area contributed by atoms with Crippen molar-refractivity contribution in [3.63, 3.8) is 0 Å². The molecule has 62 heavy (non-hydrogen) atoms. The zero-order chi connectivity index (χ0) is 42.6. The molecule has 0 aromatic heterocycles. The molecule has 1 amide bonds. The summed E-state index contributed by atoms with van der Waals surface area (Å²) >= 11 is 0. The summed E-state index contributed by atoms with van der Waals surface area (Å²) in [5.41, 5.74) is -1.22. The number of nitrogens with one attached hydrogen (secondary N) is 1. The number of rotatable bonds is 8. The number of ether oxygens (including phenoxy) is 1. The molecule has 1 radical (unpaired) electrons. The van der Waals surface area contributed by atoms with Crippen LogP contribution in [-0.4, -0.2) is 36.0 Å². The number of nitrogens with zero attached hydrogens (tertiary/aromatic N) is 6. The predicted octanol–water partition coefficient (Wildman–Crippen LogP) is 0.862. The quantitative estimate of drug-likeness (QED) is 0.0728. The van der Waals surface area contributed by atoms with Crippen LogP contribution in [-0.2, 0) is 32.2 Å². The van der Waals surface area contributed by atoms with Crippen molar-refractivity contribution in [3.8, 4) is 23.0 Å². The van der Waals surface area contributed by atoms with Crippen LogP contribution in [0, 0.1) is 20.2 Å². The Kier molecular flexibility index (Phi) is 17.4. The normalized spacial score (nSPS) is 10.9. The van der Waals surface area contributed by atoms with Crippen LogP contribution in [0.25, 0.3) is 32.3 Å². The van der Waals surface area contributed by atoms with E-state index in [1.807, 2.05) is 0 Å². The Morgan fingerprint density at radius 1 is 0.613 bits per heavy atom. The molecule has 0 fully saturated rings. The third kappa shape index (κ3) is 11.2. The first-order valence-electron chi connectivity index (χ1n) is 16.5. The molecule has 0 atom stereocenters. The predicted molar refractivity (Wildman–Crippen MR) is 202 cm³/mol. The number of benzene rings is 7. The molecule has 0 aliphatic heterocycles. The van der Waals surface area contributed by atoms with Gasteiger partial charge < -0.3 is 29.7 Å². The summed E-state index contributed by atoms with van der Waals surface area (Å²) in [6, 6.07) is 24.2. The summed E-state index contributed by atoms with van der Waals surface area (Å²) in [5, 5.41) is 90.5. The van der Waals surface area contributed by atoms with E-state index in [0.717, 1.165) is 36.4 Å². The minimum atomic E-state index is -5.11. The van der Waals surface area contributed by atoms with Gasteiger partial charge in [0.25, 0.3) is 11.4 Å². The van der Waals surface area contributed by atoms with Crippen molar-refractivity contribution in [2.75, 3.05) is 12.4 Å². The fourth-order valence-corrected chi connectivity index (χ4v) is 6.40. The average Bonchev–Trinajstić information content (AvgIpc) is 3.20. The first-order chi connectivity index (χ1) is 28.1. The zero-order valence-electron chi connectivity index (χ0n) is 32.2. The molecular formula is C38H22CrN7Na2O13S. The Morgan fingerprint density at radius 2 is 1.18 bits per heavy atom. The first-order valence-corrected chi connectivity index (χ1v) is 17.9. The fraction of sp³-hybridized carbons (Fsp3) is 0.0263. The van der Waals surface area contributed by atoms with Gasteiger partial charge in [0.2, 0.25) is 0 Å². The van der Waals surface area contributed by atoms with E-state index in [0.29, 0.717) is 27.6 Å². The van der Waals surface area contributed by atoms with E-state index in [9.17, 15) is 58.4 Å². The Bertz CT molecular complexity index is 3050. The maximum Gasteiger partial charge on any atom is 3.00 e. The second kappa shape index (κ2) is 21.3. The molecule has 0 aliphatic rings. The van der Waals surface area contributed by atoms with E-state index < -0.39 is 59.6 Å². The van der Waals surface area contributed by atoms with E-state index in [2.05, 4.69) is 30.5 Å². The molecule has 0 aliphatic carbocycles. The second-order valence-corrected chi connectivity index (χ2v) is 13.4. The molecular weight excluding hydrogens is 892 g/mol. The van der Waals surface area contributed by atoms with Crippen molar-refractivity contribution in [1.82, 2.24) is 0 Å². The van der Waals surface area contributed by atoms with Gasteiger partial charge >= 0.3 is 82.6 Å². The third-order valence-corrected chi connectivity index (χ3v) is 9.30. The summed E-state index contributed by atoms with van der Waals surface area (Å²) in [6.07, 6.45) is -0.732. The number of carbonyl (C=O) groups excluding carboxylic acids is 1. The molecule has 7 aromatic rings. The summed E-state index contributed by atoms with van der Waals surface area (Å²) in [6.45, 7) is 0. The first kappa shape index (κ1) is 50.6. The molecule has 24 heteroatoms. The average molecular weight is 915 g/mol. The Hall–Kier alpha value is -5.77. The number of non-ortho nitro benzene ring substituents is 2. The van der Waals surface area contributed by atoms with Crippen LogP contribution in [0.2, 0.25) is 0 Å². The Balaban J connectivity index is 0.000000317. The molecule has 301 valence electrons. The smallest absolute Gasteiger partial charge is 0.871 e. The number of methoxy groups -OCH3 is 1. The maximum absolute atomic E-state index is 12.5. The molecule has 0 spiro atoms. The van der Waals surface area contributed by atoms with Gasteiger partial charge in [0.1, 0.15) is 10.1 Å². The number of carbonyl (C=O) groups is 1. The van der Waals surface area contributed by atoms with E-state index in [-0.39, 0.29) is 121 Å². The molecule has 0 saturated heterocycles. The molecule has 1 N–H and O–H groups in total. The number of nitro benzene ring substituents is 2. The zero-order valence-corrected chi connectivity index (χ0v) is 38.3. The molecule has 0 unspecified atom stereocenters. The van der Waals surface area contributed by atoms with E-state index in [1.165, 1.54) is 19.2 Å². The van der Waals surface area contributed by atoms with Gasteiger partial charge in [-0.2, -0.15) is 20.5 Å². The van der Waals surface area contributed by atoms with Gasteiger partial charge in [-0.25, -0.2) is 13.2 Å². The Morgan fingerprint density at radius 3 is 1.81 bits per heavy atom.